The van der Waals surface area contributed by atoms with Gasteiger partial charge in [-0.15, -0.1) is 34.2 Å². The molecule has 1 aromatic heterocycles. The first-order chi connectivity index (χ1) is 13.4. The lowest BCUT2D eigenvalue weighted by Crippen LogP contribution is -2.43. The molecular weight excluding hydrogens is 479 g/mol. The predicted octanol–water partition coefficient (Wildman–Crippen LogP) is 3.56. The summed E-state index contributed by atoms with van der Waals surface area (Å²) in [5.41, 5.74) is 1.14. The first-order valence-electron chi connectivity index (χ1n) is 9.89. The molecular formula is C21H35IN6O. The van der Waals surface area contributed by atoms with Crippen LogP contribution in [0.2, 0.25) is 0 Å². The van der Waals surface area contributed by atoms with Crippen LogP contribution in [0.4, 0.5) is 0 Å². The summed E-state index contributed by atoms with van der Waals surface area (Å²) < 4.78 is 7.34. The van der Waals surface area contributed by atoms with E-state index < -0.39 is 0 Å². The van der Waals surface area contributed by atoms with Crippen LogP contribution >= 0.6 is 24.0 Å². The van der Waals surface area contributed by atoms with Gasteiger partial charge in [0.2, 0.25) is 0 Å². The van der Waals surface area contributed by atoms with Gasteiger partial charge in [0.1, 0.15) is 18.1 Å². The lowest BCUT2D eigenvalue weighted by molar-refractivity contribution is 0.411. The molecule has 8 heteroatoms. The zero-order valence-corrected chi connectivity index (χ0v) is 20.8. The number of rotatable bonds is 9. The SMILES string of the molecule is CCCCNC(=NCc1nnc(C)n1C)NCC(C)(C)c1cccc(OC)c1.I. The molecule has 0 spiro atoms. The second-order valence-electron chi connectivity index (χ2n) is 7.64. The standard InChI is InChI=1S/C21H34N6O.HI/c1-7-8-12-22-20(23-14-19-26-25-16(2)27(19)5)24-15-21(3,4)17-10-9-11-18(13-17)28-6;/h9-11,13H,7-8,12,14-15H2,1-6H3,(H2,22,23,24);1H. The monoisotopic (exact) mass is 514 g/mol. The summed E-state index contributed by atoms with van der Waals surface area (Å²) >= 11 is 0. The van der Waals surface area contributed by atoms with Crippen LogP contribution in [0.5, 0.6) is 5.75 Å². The maximum Gasteiger partial charge on any atom is 0.191 e. The smallest absolute Gasteiger partial charge is 0.191 e. The Morgan fingerprint density at radius 2 is 2.00 bits per heavy atom. The number of guanidine groups is 1. The Labute approximate surface area is 191 Å². The number of aliphatic imine (C=N–C) groups is 1. The molecule has 0 aliphatic heterocycles. The molecule has 0 fully saturated rings. The highest BCUT2D eigenvalue weighted by Gasteiger charge is 2.21. The molecule has 0 aliphatic rings. The Bertz CT molecular complexity index is 787. The number of ether oxygens (including phenoxy) is 1. The molecule has 0 amide bonds. The van der Waals surface area contributed by atoms with Gasteiger partial charge in [-0.05, 0) is 31.0 Å². The van der Waals surface area contributed by atoms with Gasteiger partial charge < -0.3 is 19.9 Å². The van der Waals surface area contributed by atoms with Gasteiger partial charge in [0.05, 0.1) is 7.11 Å². The maximum absolute atomic E-state index is 5.37. The van der Waals surface area contributed by atoms with Gasteiger partial charge >= 0.3 is 0 Å². The number of aromatic nitrogens is 3. The Balaban J connectivity index is 0.00000420. The fourth-order valence-electron chi connectivity index (χ4n) is 2.75. The Morgan fingerprint density at radius 3 is 2.62 bits per heavy atom. The molecule has 2 N–H and O–H groups in total. The predicted molar refractivity (Wildman–Crippen MR) is 129 cm³/mol. The van der Waals surface area contributed by atoms with E-state index in [2.05, 4.69) is 53.7 Å². The minimum atomic E-state index is -0.0802. The van der Waals surface area contributed by atoms with Gasteiger partial charge in [-0.3, -0.25) is 0 Å². The van der Waals surface area contributed by atoms with Gasteiger partial charge in [-0.25, -0.2) is 4.99 Å². The maximum atomic E-state index is 5.37. The molecule has 162 valence electrons. The molecule has 0 radical (unpaired) electrons. The van der Waals surface area contributed by atoms with Crippen molar-refractivity contribution in [2.24, 2.45) is 12.0 Å². The number of aryl methyl sites for hydroxylation is 1. The Kier molecular flexibility index (Phi) is 10.4. The third-order valence-corrected chi connectivity index (χ3v) is 4.93. The fourth-order valence-corrected chi connectivity index (χ4v) is 2.75. The van der Waals surface area contributed by atoms with Gasteiger partial charge in [-0.1, -0.05) is 39.3 Å². The normalized spacial score (nSPS) is 11.7. The second kappa shape index (κ2) is 12.0. The van der Waals surface area contributed by atoms with E-state index in [1.165, 1.54) is 5.56 Å². The van der Waals surface area contributed by atoms with Crippen molar-refractivity contribution in [1.82, 2.24) is 25.4 Å². The summed E-state index contributed by atoms with van der Waals surface area (Å²) in [4.78, 5) is 4.72. The Hall–Kier alpha value is -1.84. The lowest BCUT2D eigenvalue weighted by Gasteiger charge is -2.27. The average Bonchev–Trinajstić information content (AvgIpc) is 3.02. The topological polar surface area (TPSA) is 76.4 Å². The van der Waals surface area contributed by atoms with Crippen molar-refractivity contribution in [2.75, 3.05) is 20.2 Å². The van der Waals surface area contributed by atoms with E-state index in [9.17, 15) is 0 Å². The number of benzene rings is 1. The van der Waals surface area contributed by atoms with Crippen LogP contribution in [0.3, 0.4) is 0 Å². The molecule has 2 rings (SSSR count). The van der Waals surface area contributed by atoms with Crippen molar-refractivity contribution in [1.29, 1.82) is 0 Å². The van der Waals surface area contributed by atoms with Crippen LogP contribution in [0.25, 0.3) is 0 Å². The Morgan fingerprint density at radius 1 is 1.24 bits per heavy atom. The van der Waals surface area contributed by atoms with Crippen LogP contribution in [-0.4, -0.2) is 40.9 Å². The number of nitrogens with one attached hydrogen (secondary N) is 2. The molecule has 0 saturated carbocycles. The largest absolute Gasteiger partial charge is 0.497 e. The number of hydrogen-bond donors (Lipinski definition) is 2. The number of hydrogen-bond acceptors (Lipinski definition) is 4. The lowest BCUT2D eigenvalue weighted by atomic mass is 9.84. The first-order valence-corrected chi connectivity index (χ1v) is 9.89. The fraction of sp³-hybridized carbons (Fsp3) is 0.571. The number of methoxy groups -OCH3 is 1. The highest BCUT2D eigenvalue weighted by atomic mass is 127. The quantitative estimate of drug-likeness (QED) is 0.232. The number of nitrogens with zero attached hydrogens (tertiary/aromatic N) is 4. The van der Waals surface area contributed by atoms with Crippen LogP contribution in [0, 0.1) is 6.92 Å². The molecule has 0 unspecified atom stereocenters. The molecule has 0 atom stereocenters. The third-order valence-electron chi connectivity index (χ3n) is 4.93. The zero-order valence-electron chi connectivity index (χ0n) is 18.5. The summed E-state index contributed by atoms with van der Waals surface area (Å²) in [6.07, 6.45) is 2.24. The van der Waals surface area contributed by atoms with Crippen LogP contribution < -0.4 is 15.4 Å². The third kappa shape index (κ3) is 7.49. The summed E-state index contributed by atoms with van der Waals surface area (Å²) in [6, 6.07) is 8.22. The van der Waals surface area contributed by atoms with Crippen LogP contribution in [0.15, 0.2) is 29.3 Å². The minimum Gasteiger partial charge on any atom is -0.497 e. The summed E-state index contributed by atoms with van der Waals surface area (Å²) in [7, 11) is 3.66. The molecule has 0 saturated heterocycles. The van der Waals surface area contributed by atoms with Crippen molar-refractivity contribution in [3.63, 3.8) is 0 Å². The number of unbranched alkanes of at least 4 members (excludes halogenated alkanes) is 1. The molecule has 7 nitrogen and oxygen atoms in total. The molecule has 0 bridgehead atoms. The van der Waals surface area contributed by atoms with Gasteiger partial charge in [0.15, 0.2) is 11.8 Å². The van der Waals surface area contributed by atoms with Gasteiger partial charge in [0, 0.05) is 25.6 Å². The van der Waals surface area contributed by atoms with Gasteiger partial charge in [0.25, 0.3) is 0 Å². The highest BCUT2D eigenvalue weighted by molar-refractivity contribution is 14.0. The van der Waals surface area contributed by atoms with E-state index in [0.29, 0.717) is 6.54 Å². The van der Waals surface area contributed by atoms with E-state index in [1.54, 1.807) is 7.11 Å². The van der Waals surface area contributed by atoms with E-state index in [4.69, 9.17) is 9.73 Å². The van der Waals surface area contributed by atoms with Crippen molar-refractivity contribution in [2.45, 2.75) is 52.5 Å². The molecule has 0 aliphatic carbocycles. The summed E-state index contributed by atoms with van der Waals surface area (Å²) in [5.74, 6) is 3.40. The van der Waals surface area contributed by atoms with Crippen LogP contribution in [-0.2, 0) is 19.0 Å². The molecule has 1 aromatic carbocycles. The summed E-state index contributed by atoms with van der Waals surface area (Å²) in [6.45, 7) is 10.7. The number of halogens is 1. The zero-order chi connectivity index (χ0) is 20.6. The second-order valence-corrected chi connectivity index (χ2v) is 7.64. The minimum absolute atomic E-state index is 0. The molecule has 29 heavy (non-hydrogen) atoms. The van der Waals surface area contributed by atoms with Crippen molar-refractivity contribution < 1.29 is 4.74 Å². The highest BCUT2D eigenvalue weighted by Crippen LogP contribution is 2.25. The van der Waals surface area contributed by atoms with E-state index >= 15 is 0 Å². The van der Waals surface area contributed by atoms with E-state index in [1.807, 2.05) is 30.7 Å². The molecule has 1 heterocycles. The van der Waals surface area contributed by atoms with Crippen molar-refractivity contribution in [3.8, 4) is 5.75 Å². The average molecular weight is 514 g/mol. The van der Waals surface area contributed by atoms with E-state index in [-0.39, 0.29) is 29.4 Å². The van der Waals surface area contributed by atoms with E-state index in [0.717, 1.165) is 49.3 Å². The first kappa shape index (κ1) is 25.2. The van der Waals surface area contributed by atoms with Gasteiger partial charge in [-0.2, -0.15) is 0 Å². The van der Waals surface area contributed by atoms with Crippen molar-refractivity contribution >= 4 is 29.9 Å². The summed E-state index contributed by atoms with van der Waals surface area (Å²) in [5, 5.41) is 15.2. The van der Waals surface area contributed by atoms with Crippen LogP contribution in [0.1, 0.15) is 50.8 Å². The molecule has 2 aromatic rings. The van der Waals surface area contributed by atoms with Crippen molar-refractivity contribution in [3.05, 3.63) is 41.5 Å².